The Morgan fingerprint density at radius 2 is 0.649 bits per heavy atom. The van der Waals surface area contributed by atoms with Gasteiger partial charge in [-0.05, 0) is 117 Å². The van der Waals surface area contributed by atoms with E-state index in [1.54, 1.807) is 4.90 Å². The number of hydrogen-bond acceptors (Lipinski definition) is 12. The molecule has 74 heavy (non-hydrogen) atoms. The molecule has 0 rings (SSSR count). The smallest absolute Gasteiger partial charge is 0.306 e. The van der Waals surface area contributed by atoms with Gasteiger partial charge in [-0.2, -0.15) is 0 Å². The second-order valence-corrected chi connectivity index (χ2v) is 21.4. The number of unbranched alkanes of at least 4 members (excludes halogenated alkanes) is 18. The van der Waals surface area contributed by atoms with E-state index >= 15 is 0 Å². The van der Waals surface area contributed by atoms with Crippen LogP contribution in [0.2, 0.25) is 0 Å². The van der Waals surface area contributed by atoms with Crippen molar-refractivity contribution in [1.82, 2.24) is 9.80 Å². The summed E-state index contributed by atoms with van der Waals surface area (Å²) in [6.45, 7) is 13.9. The van der Waals surface area contributed by atoms with Gasteiger partial charge in [0.25, 0.3) is 0 Å². The monoisotopic (exact) mass is 1050 g/mol. The Morgan fingerprint density at radius 3 is 1.00 bits per heavy atom. The SMILES string of the molecule is CCCCCCC(CCC)OC(=O)CCCCCCC(=O)OCC(COC(=O)CCCCCCC(=O)OC(CCC)CCCCCC)N(CCCCCCN(C)C)C(=O)CCC(=O)OC(CCC)CCCCCC. The van der Waals surface area contributed by atoms with Crippen molar-refractivity contribution >= 4 is 35.8 Å². The highest BCUT2D eigenvalue weighted by molar-refractivity contribution is 5.82. The standard InChI is InChI=1S/C61H114N2O11/c1-9-15-18-27-39-53(36-12-4)72-59(67)44-32-23-21-30-42-57(65)70-50-52(51-71-58(66)43-31-22-24-33-45-60(68)73-54(37-13-5)40-28-19-16-10-2)63(49-35-26-25-34-48-62(7)8)56(64)46-47-61(69)74-55(38-14-6)41-29-20-17-11-3/h52-55H,9-51H2,1-8H3. The highest BCUT2D eigenvalue weighted by Crippen LogP contribution is 2.20. The topological polar surface area (TPSA) is 155 Å². The number of nitrogens with zero attached hydrogens (tertiary/aromatic N) is 2. The summed E-state index contributed by atoms with van der Waals surface area (Å²) in [4.78, 5) is 82.8. The average Bonchev–Trinajstić information content (AvgIpc) is 3.36. The van der Waals surface area contributed by atoms with Gasteiger partial charge in [0, 0.05) is 38.6 Å². The molecule has 13 heteroatoms. The van der Waals surface area contributed by atoms with E-state index in [2.05, 4.69) is 46.4 Å². The minimum Gasteiger partial charge on any atom is -0.463 e. The van der Waals surface area contributed by atoms with E-state index in [-0.39, 0.29) is 75.1 Å². The summed E-state index contributed by atoms with van der Waals surface area (Å²) < 4.78 is 29.2. The fourth-order valence-electron chi connectivity index (χ4n) is 9.35. The second kappa shape index (κ2) is 50.6. The van der Waals surface area contributed by atoms with Gasteiger partial charge in [0.15, 0.2) is 0 Å². The first kappa shape index (κ1) is 70.8. The number of carbonyl (C=O) groups is 6. The van der Waals surface area contributed by atoms with Crippen LogP contribution < -0.4 is 0 Å². The molecule has 0 bridgehead atoms. The molecule has 0 N–H and O–H groups in total. The maximum absolute atomic E-state index is 14.2. The van der Waals surface area contributed by atoms with Crippen molar-refractivity contribution in [3.05, 3.63) is 0 Å². The molecule has 3 atom stereocenters. The van der Waals surface area contributed by atoms with E-state index in [9.17, 15) is 28.8 Å². The minimum atomic E-state index is -0.733. The van der Waals surface area contributed by atoms with Gasteiger partial charge in [-0.1, -0.05) is 157 Å². The number of amides is 1. The first-order chi connectivity index (χ1) is 35.8. The molecule has 0 aromatic carbocycles. The number of rotatable bonds is 53. The molecule has 0 aromatic rings. The van der Waals surface area contributed by atoms with Crippen LogP contribution in [0.25, 0.3) is 0 Å². The van der Waals surface area contributed by atoms with Crippen LogP contribution in [0.15, 0.2) is 0 Å². The van der Waals surface area contributed by atoms with E-state index in [1.165, 1.54) is 25.7 Å². The van der Waals surface area contributed by atoms with Gasteiger partial charge >= 0.3 is 29.8 Å². The summed E-state index contributed by atoms with van der Waals surface area (Å²) >= 11 is 0. The normalized spacial score (nSPS) is 13.0. The van der Waals surface area contributed by atoms with Crippen LogP contribution in [0, 0.1) is 0 Å². The van der Waals surface area contributed by atoms with Gasteiger partial charge in [0.1, 0.15) is 31.5 Å². The van der Waals surface area contributed by atoms with Crippen LogP contribution in [0.1, 0.15) is 292 Å². The molecule has 0 heterocycles. The fourth-order valence-corrected chi connectivity index (χ4v) is 9.35. The number of ether oxygens (including phenoxy) is 5. The Hall–Kier alpha value is -3.22. The lowest BCUT2D eigenvalue weighted by atomic mass is 10.1. The molecule has 3 unspecified atom stereocenters. The van der Waals surface area contributed by atoms with Crippen LogP contribution in [0.5, 0.6) is 0 Å². The Labute approximate surface area is 453 Å². The van der Waals surface area contributed by atoms with Crippen molar-refractivity contribution in [2.45, 2.75) is 316 Å². The van der Waals surface area contributed by atoms with Crippen LogP contribution >= 0.6 is 0 Å². The highest BCUT2D eigenvalue weighted by Gasteiger charge is 2.28. The lowest BCUT2D eigenvalue weighted by molar-refractivity contribution is -0.156. The van der Waals surface area contributed by atoms with E-state index in [4.69, 9.17) is 23.7 Å². The van der Waals surface area contributed by atoms with Gasteiger partial charge in [0.05, 0.1) is 12.5 Å². The third kappa shape index (κ3) is 42.9. The number of esters is 5. The molecule has 1 amide bonds. The molecule has 0 aromatic heterocycles. The fraction of sp³-hybridized carbons (Fsp3) is 0.902. The van der Waals surface area contributed by atoms with E-state index < -0.39 is 23.9 Å². The Balaban J connectivity index is 5.69. The van der Waals surface area contributed by atoms with Crippen LogP contribution in [0.3, 0.4) is 0 Å². The summed E-state index contributed by atoms with van der Waals surface area (Å²) in [6, 6.07) is -0.733. The molecule has 0 aliphatic rings. The van der Waals surface area contributed by atoms with Gasteiger partial charge in [-0.15, -0.1) is 0 Å². The molecule has 0 aliphatic heterocycles. The summed E-state index contributed by atoms with van der Waals surface area (Å²) in [5.74, 6) is -1.75. The summed E-state index contributed by atoms with van der Waals surface area (Å²) in [6.07, 6.45) is 31.8. The van der Waals surface area contributed by atoms with Gasteiger partial charge in [-0.25, -0.2) is 0 Å². The third-order valence-corrected chi connectivity index (χ3v) is 13.8. The molecule has 0 saturated heterocycles. The summed E-state index contributed by atoms with van der Waals surface area (Å²) in [7, 11) is 4.10. The second-order valence-electron chi connectivity index (χ2n) is 21.4. The zero-order valence-electron chi connectivity index (χ0n) is 49.1. The molecule has 434 valence electrons. The van der Waals surface area contributed by atoms with Crippen LogP contribution in [-0.4, -0.2) is 110 Å². The first-order valence-corrected chi connectivity index (χ1v) is 30.7. The predicted molar refractivity (Wildman–Crippen MR) is 300 cm³/mol. The van der Waals surface area contributed by atoms with Gasteiger partial charge < -0.3 is 33.5 Å². The summed E-state index contributed by atoms with van der Waals surface area (Å²) in [5.41, 5.74) is 0. The van der Waals surface area contributed by atoms with Gasteiger partial charge in [0.2, 0.25) is 5.91 Å². The number of carbonyl (C=O) groups excluding carboxylic acids is 6. The molecule has 0 spiro atoms. The summed E-state index contributed by atoms with van der Waals surface area (Å²) in [5, 5.41) is 0. The van der Waals surface area contributed by atoms with Crippen LogP contribution in [0.4, 0.5) is 0 Å². The lowest BCUT2D eigenvalue weighted by Gasteiger charge is -2.31. The molecule has 0 radical (unpaired) electrons. The zero-order chi connectivity index (χ0) is 54.9. The highest BCUT2D eigenvalue weighted by atomic mass is 16.6. The first-order valence-electron chi connectivity index (χ1n) is 30.7. The Bertz CT molecular complexity index is 1330. The molecule has 0 fully saturated rings. The zero-order valence-corrected chi connectivity index (χ0v) is 49.1. The van der Waals surface area contributed by atoms with Crippen LogP contribution in [-0.2, 0) is 52.5 Å². The van der Waals surface area contributed by atoms with Crippen molar-refractivity contribution in [3.63, 3.8) is 0 Å². The maximum atomic E-state index is 14.2. The predicted octanol–water partition coefficient (Wildman–Crippen LogP) is 14.9. The average molecular weight is 1050 g/mol. The molecular weight excluding hydrogens is 937 g/mol. The van der Waals surface area contributed by atoms with Crippen molar-refractivity contribution in [3.8, 4) is 0 Å². The molecule has 13 nitrogen and oxygen atoms in total. The quantitative estimate of drug-likeness (QED) is 0.0323. The Morgan fingerprint density at radius 1 is 0.324 bits per heavy atom. The van der Waals surface area contributed by atoms with E-state index in [0.717, 1.165) is 161 Å². The molecule has 0 aliphatic carbocycles. The molecular formula is C61H114N2O11. The minimum absolute atomic E-state index is 0.0105. The van der Waals surface area contributed by atoms with Crippen molar-refractivity contribution in [2.75, 3.05) is 40.4 Å². The largest absolute Gasteiger partial charge is 0.463 e. The lowest BCUT2D eigenvalue weighted by Crippen LogP contribution is -2.47. The molecule has 0 saturated carbocycles. The van der Waals surface area contributed by atoms with Crippen molar-refractivity contribution in [1.29, 1.82) is 0 Å². The number of hydrogen-bond donors (Lipinski definition) is 0. The van der Waals surface area contributed by atoms with Gasteiger partial charge in [-0.3, -0.25) is 28.8 Å². The maximum Gasteiger partial charge on any atom is 0.306 e. The van der Waals surface area contributed by atoms with E-state index in [1.807, 2.05) is 14.1 Å². The van der Waals surface area contributed by atoms with Crippen molar-refractivity contribution < 1.29 is 52.5 Å². The van der Waals surface area contributed by atoms with Crippen molar-refractivity contribution in [2.24, 2.45) is 0 Å². The Kier molecular flexibility index (Phi) is 48.4. The third-order valence-electron chi connectivity index (χ3n) is 13.8. The van der Waals surface area contributed by atoms with E-state index in [0.29, 0.717) is 51.5 Å².